The predicted octanol–water partition coefficient (Wildman–Crippen LogP) is 3.39. The fourth-order valence-electron chi connectivity index (χ4n) is 4.42. The van der Waals surface area contributed by atoms with Crippen molar-refractivity contribution in [3.8, 4) is 11.3 Å². The lowest BCUT2D eigenvalue weighted by atomic mass is 10.1. The molecular formula is C22H17N3+2. The van der Waals surface area contributed by atoms with E-state index in [1.54, 1.807) is 0 Å². The van der Waals surface area contributed by atoms with Gasteiger partial charge >= 0.3 is 0 Å². The van der Waals surface area contributed by atoms with Crippen LogP contribution in [0.1, 0.15) is 5.56 Å². The molecule has 0 aliphatic carbocycles. The van der Waals surface area contributed by atoms with Crippen molar-refractivity contribution in [2.75, 3.05) is 0 Å². The Hall–Kier alpha value is -3.20. The lowest BCUT2D eigenvalue weighted by molar-refractivity contribution is -0.647. The summed E-state index contributed by atoms with van der Waals surface area (Å²) in [6.45, 7) is 0.938. The highest BCUT2D eigenvalue weighted by molar-refractivity contribution is 6.08. The van der Waals surface area contributed by atoms with Crippen LogP contribution < -0.4 is 8.97 Å². The molecule has 25 heavy (non-hydrogen) atoms. The summed E-state index contributed by atoms with van der Waals surface area (Å²) >= 11 is 0. The van der Waals surface area contributed by atoms with Gasteiger partial charge in [0, 0.05) is 17.2 Å². The third-order valence-electron chi connectivity index (χ3n) is 5.47. The van der Waals surface area contributed by atoms with Gasteiger partial charge < -0.3 is 0 Å². The lowest BCUT2D eigenvalue weighted by Gasteiger charge is -2.01. The molecule has 2 aromatic carbocycles. The number of pyridine rings is 2. The molecule has 1 aliphatic heterocycles. The summed E-state index contributed by atoms with van der Waals surface area (Å²) in [4.78, 5) is 0. The van der Waals surface area contributed by atoms with E-state index in [1.807, 2.05) is 0 Å². The zero-order valence-electron chi connectivity index (χ0n) is 14.0. The molecule has 0 amide bonds. The van der Waals surface area contributed by atoms with Crippen molar-refractivity contribution in [2.24, 2.45) is 7.05 Å². The third kappa shape index (κ3) is 1.55. The minimum Gasteiger partial charge on any atom is -0.218 e. The molecule has 0 saturated carbocycles. The maximum absolute atomic E-state index is 2.46. The van der Waals surface area contributed by atoms with Crippen molar-refractivity contribution < 1.29 is 8.97 Å². The van der Waals surface area contributed by atoms with Gasteiger partial charge in [-0.25, -0.2) is 4.57 Å². The summed E-state index contributed by atoms with van der Waals surface area (Å²) in [5.74, 6) is 0. The van der Waals surface area contributed by atoms with Crippen molar-refractivity contribution >= 4 is 27.5 Å². The number of nitrogens with zero attached hydrogens (tertiary/aromatic N) is 3. The maximum atomic E-state index is 2.46. The number of aromatic nitrogens is 3. The van der Waals surface area contributed by atoms with Crippen molar-refractivity contribution in [1.82, 2.24) is 4.57 Å². The average Bonchev–Trinajstić information content (AvgIpc) is 3.20. The molecule has 5 aromatic rings. The Morgan fingerprint density at radius 1 is 0.920 bits per heavy atom. The molecule has 0 saturated heterocycles. The van der Waals surface area contributed by atoms with E-state index in [9.17, 15) is 0 Å². The lowest BCUT2D eigenvalue weighted by Crippen LogP contribution is -2.32. The fraction of sp³-hybridized carbons (Fsp3) is 0.0909. The van der Waals surface area contributed by atoms with Gasteiger partial charge in [-0.05, 0) is 12.1 Å². The Kier molecular flexibility index (Phi) is 2.34. The molecule has 118 valence electrons. The first-order valence-electron chi connectivity index (χ1n) is 8.65. The minimum absolute atomic E-state index is 0.938. The first-order valence-corrected chi connectivity index (χ1v) is 8.65. The SMILES string of the molecule is C[n+]1cccc2c1c1cccc3c1c1n(c(-c4ccccc4)c[n+]21)C3. The predicted molar refractivity (Wildman–Crippen MR) is 98.3 cm³/mol. The second-order valence-corrected chi connectivity index (χ2v) is 6.85. The van der Waals surface area contributed by atoms with E-state index < -0.39 is 0 Å². The van der Waals surface area contributed by atoms with Crippen LogP contribution in [0.3, 0.4) is 0 Å². The maximum Gasteiger partial charge on any atom is 0.296 e. The van der Waals surface area contributed by atoms with E-state index in [0.717, 1.165) is 6.54 Å². The highest BCUT2D eigenvalue weighted by Gasteiger charge is 2.33. The Bertz CT molecular complexity index is 1310. The monoisotopic (exact) mass is 323 g/mol. The summed E-state index contributed by atoms with van der Waals surface area (Å²) in [5.41, 5.74) is 7.80. The quantitative estimate of drug-likeness (QED) is 0.325. The van der Waals surface area contributed by atoms with Crippen molar-refractivity contribution in [2.45, 2.75) is 6.54 Å². The molecule has 3 heteroatoms. The smallest absolute Gasteiger partial charge is 0.218 e. The van der Waals surface area contributed by atoms with Gasteiger partial charge in [-0.2, -0.15) is 8.97 Å². The molecule has 0 fully saturated rings. The largest absolute Gasteiger partial charge is 0.296 e. The number of aryl methyl sites for hydroxylation is 1. The molecular weight excluding hydrogens is 306 g/mol. The molecule has 4 heterocycles. The van der Waals surface area contributed by atoms with E-state index in [-0.39, 0.29) is 0 Å². The van der Waals surface area contributed by atoms with Crippen LogP contribution in [0.5, 0.6) is 0 Å². The number of benzene rings is 2. The molecule has 6 rings (SSSR count). The van der Waals surface area contributed by atoms with Gasteiger partial charge in [0.05, 0.1) is 10.8 Å². The van der Waals surface area contributed by atoms with E-state index in [0.29, 0.717) is 0 Å². The molecule has 3 nitrogen and oxygen atoms in total. The first-order chi connectivity index (χ1) is 12.3. The second-order valence-electron chi connectivity index (χ2n) is 6.85. The van der Waals surface area contributed by atoms with Crippen LogP contribution in [0, 0.1) is 0 Å². The van der Waals surface area contributed by atoms with E-state index in [1.165, 1.54) is 44.3 Å². The summed E-state index contributed by atoms with van der Waals surface area (Å²) in [6.07, 6.45) is 4.43. The first kappa shape index (κ1) is 13.1. The van der Waals surface area contributed by atoms with E-state index >= 15 is 0 Å². The van der Waals surface area contributed by atoms with Crippen LogP contribution in [0.2, 0.25) is 0 Å². The van der Waals surface area contributed by atoms with Crippen LogP contribution in [0.25, 0.3) is 38.7 Å². The van der Waals surface area contributed by atoms with Gasteiger partial charge in [-0.3, -0.25) is 0 Å². The van der Waals surface area contributed by atoms with Crippen molar-refractivity contribution in [1.29, 1.82) is 0 Å². The van der Waals surface area contributed by atoms with Gasteiger partial charge in [0.15, 0.2) is 11.9 Å². The normalized spacial score (nSPS) is 12.8. The summed E-state index contributed by atoms with van der Waals surface area (Å²) < 4.78 is 7.06. The van der Waals surface area contributed by atoms with Crippen molar-refractivity contribution in [3.63, 3.8) is 0 Å². The van der Waals surface area contributed by atoms with Gasteiger partial charge in [0.1, 0.15) is 19.8 Å². The molecule has 0 unspecified atom stereocenters. The van der Waals surface area contributed by atoms with Crippen LogP contribution in [-0.4, -0.2) is 4.57 Å². The van der Waals surface area contributed by atoms with Crippen molar-refractivity contribution in [3.05, 3.63) is 78.6 Å². The molecule has 0 radical (unpaired) electrons. The van der Waals surface area contributed by atoms with Gasteiger partial charge in [-0.1, -0.05) is 42.5 Å². The summed E-state index contributed by atoms with van der Waals surface area (Å²) in [7, 11) is 2.13. The fourth-order valence-corrected chi connectivity index (χ4v) is 4.42. The molecule has 3 aromatic heterocycles. The molecule has 0 spiro atoms. The third-order valence-corrected chi connectivity index (χ3v) is 5.47. The number of rotatable bonds is 1. The Balaban J connectivity index is 1.90. The highest BCUT2D eigenvalue weighted by atomic mass is 15.1. The molecule has 0 N–H and O–H groups in total. The number of hydrogen-bond donors (Lipinski definition) is 0. The van der Waals surface area contributed by atoms with E-state index in [4.69, 9.17) is 0 Å². The highest BCUT2D eigenvalue weighted by Crippen LogP contribution is 2.35. The van der Waals surface area contributed by atoms with Gasteiger partial charge in [-0.15, -0.1) is 0 Å². The zero-order valence-corrected chi connectivity index (χ0v) is 14.0. The molecule has 0 bridgehead atoms. The van der Waals surface area contributed by atoms with Gasteiger partial charge in [0.25, 0.3) is 11.2 Å². The van der Waals surface area contributed by atoms with Gasteiger partial charge in [0.2, 0.25) is 5.52 Å². The topological polar surface area (TPSA) is 12.9 Å². The van der Waals surface area contributed by atoms with Crippen LogP contribution in [0.15, 0.2) is 73.1 Å². The molecule has 1 aliphatic rings. The molecule has 0 atom stereocenters. The summed E-state index contributed by atoms with van der Waals surface area (Å²) in [5, 5.41) is 2.73. The van der Waals surface area contributed by atoms with Crippen LogP contribution in [0.4, 0.5) is 0 Å². The van der Waals surface area contributed by atoms with Crippen LogP contribution in [-0.2, 0) is 13.6 Å². The minimum atomic E-state index is 0.938. The zero-order chi connectivity index (χ0) is 16.5. The average molecular weight is 323 g/mol. The number of hydrogen-bond acceptors (Lipinski definition) is 0. The second kappa shape index (κ2) is 4.45. The standard InChI is InChI=1S/C22H17N3/c1-23-12-6-11-18-21(23)17-10-5-9-16-13-24-19(15-7-3-2-4-8-15)14-25(18)22(24)20(16)17/h2-12,14H,13H2,1H3/q+2. The Morgan fingerprint density at radius 2 is 1.80 bits per heavy atom. The number of fused-ring (bicyclic) bond motifs is 3. The van der Waals surface area contributed by atoms with E-state index in [2.05, 4.69) is 93.6 Å². The summed E-state index contributed by atoms with van der Waals surface area (Å²) in [6, 6.07) is 21.7. The Morgan fingerprint density at radius 3 is 2.68 bits per heavy atom. The Labute approximate surface area is 145 Å². The number of imidazole rings is 1. The van der Waals surface area contributed by atoms with Crippen LogP contribution >= 0.6 is 0 Å².